The summed E-state index contributed by atoms with van der Waals surface area (Å²) in [5.41, 5.74) is 0. The number of piperidine rings is 1. The SMILES string of the molecule is COC(=O)CC[C@H](NC(=O)N1CCC(O)C(C)C1)C(=O)O. The lowest BCUT2D eigenvalue weighted by molar-refractivity contribution is -0.142. The highest BCUT2D eigenvalue weighted by atomic mass is 16.5. The Hall–Kier alpha value is -1.83. The van der Waals surface area contributed by atoms with Crippen molar-refractivity contribution in [3.05, 3.63) is 0 Å². The van der Waals surface area contributed by atoms with E-state index in [2.05, 4.69) is 10.1 Å². The second-order valence-electron chi connectivity index (χ2n) is 5.23. The number of aliphatic hydroxyl groups is 1. The molecule has 0 bridgehead atoms. The van der Waals surface area contributed by atoms with Crippen molar-refractivity contribution in [2.75, 3.05) is 20.2 Å². The summed E-state index contributed by atoms with van der Waals surface area (Å²) in [4.78, 5) is 35.7. The molecule has 0 aliphatic carbocycles. The Bertz CT molecular complexity index is 400. The minimum atomic E-state index is -1.20. The van der Waals surface area contributed by atoms with Crippen LogP contribution in [0.1, 0.15) is 26.2 Å². The molecular formula is C13H22N2O6. The molecule has 0 saturated carbocycles. The van der Waals surface area contributed by atoms with E-state index in [0.29, 0.717) is 19.5 Å². The van der Waals surface area contributed by atoms with E-state index in [9.17, 15) is 19.5 Å². The molecule has 3 atom stereocenters. The number of carbonyl (C=O) groups excluding carboxylic acids is 2. The molecule has 1 aliphatic heterocycles. The maximum absolute atomic E-state index is 12.0. The Morgan fingerprint density at radius 3 is 2.62 bits per heavy atom. The number of esters is 1. The van der Waals surface area contributed by atoms with Gasteiger partial charge in [0.1, 0.15) is 6.04 Å². The lowest BCUT2D eigenvalue weighted by Gasteiger charge is -2.34. The van der Waals surface area contributed by atoms with Crippen molar-refractivity contribution >= 4 is 18.0 Å². The number of likely N-dealkylation sites (tertiary alicyclic amines) is 1. The third-order valence-electron chi connectivity index (χ3n) is 3.61. The molecule has 1 heterocycles. The Morgan fingerprint density at radius 2 is 2.10 bits per heavy atom. The van der Waals surface area contributed by atoms with Gasteiger partial charge in [0.2, 0.25) is 0 Å². The van der Waals surface area contributed by atoms with Crippen LogP contribution in [0.15, 0.2) is 0 Å². The lowest BCUT2D eigenvalue weighted by atomic mass is 9.97. The normalized spacial score (nSPS) is 23.3. The standard InChI is InChI=1S/C13H22N2O6/c1-8-7-15(6-5-10(8)16)13(20)14-9(12(18)19)3-4-11(17)21-2/h8-10,16H,3-7H2,1-2H3,(H,14,20)(H,18,19)/t8?,9-,10?/m0/s1. The number of nitrogens with one attached hydrogen (secondary N) is 1. The highest BCUT2D eigenvalue weighted by Gasteiger charge is 2.29. The smallest absolute Gasteiger partial charge is 0.326 e. The zero-order valence-corrected chi connectivity index (χ0v) is 12.2. The first-order chi connectivity index (χ1) is 9.85. The third kappa shape index (κ3) is 5.22. The fourth-order valence-electron chi connectivity index (χ4n) is 2.18. The van der Waals surface area contributed by atoms with Crippen LogP contribution in [-0.2, 0) is 14.3 Å². The van der Waals surface area contributed by atoms with Crippen molar-refractivity contribution in [2.24, 2.45) is 5.92 Å². The van der Waals surface area contributed by atoms with Gasteiger partial charge in [-0.1, -0.05) is 6.92 Å². The zero-order chi connectivity index (χ0) is 16.0. The van der Waals surface area contributed by atoms with Crippen molar-refractivity contribution in [3.63, 3.8) is 0 Å². The predicted molar refractivity (Wildman–Crippen MR) is 72.6 cm³/mol. The molecule has 0 radical (unpaired) electrons. The first kappa shape index (κ1) is 17.2. The second kappa shape index (κ2) is 7.82. The number of carboxylic acid groups (broad SMARTS) is 1. The molecule has 120 valence electrons. The van der Waals surface area contributed by atoms with E-state index >= 15 is 0 Å². The van der Waals surface area contributed by atoms with Crippen LogP contribution in [0.2, 0.25) is 0 Å². The van der Waals surface area contributed by atoms with E-state index in [1.807, 2.05) is 6.92 Å². The summed E-state index contributed by atoms with van der Waals surface area (Å²) in [6, 6.07) is -1.63. The molecule has 0 aromatic rings. The molecule has 2 amide bonds. The summed E-state index contributed by atoms with van der Waals surface area (Å²) in [6.45, 7) is 2.58. The van der Waals surface area contributed by atoms with Gasteiger partial charge < -0.3 is 25.2 Å². The number of urea groups is 1. The van der Waals surface area contributed by atoms with Crippen LogP contribution in [-0.4, -0.2) is 65.4 Å². The van der Waals surface area contributed by atoms with Crippen LogP contribution < -0.4 is 5.32 Å². The number of carboxylic acids is 1. The number of hydrogen-bond donors (Lipinski definition) is 3. The summed E-state index contributed by atoms with van der Waals surface area (Å²) >= 11 is 0. The monoisotopic (exact) mass is 302 g/mol. The molecule has 1 fully saturated rings. The fraction of sp³-hybridized carbons (Fsp3) is 0.769. The summed E-state index contributed by atoms with van der Waals surface area (Å²) in [7, 11) is 1.22. The molecule has 2 unspecified atom stereocenters. The van der Waals surface area contributed by atoms with Crippen molar-refractivity contribution < 1.29 is 29.3 Å². The van der Waals surface area contributed by atoms with E-state index in [1.54, 1.807) is 0 Å². The molecular weight excluding hydrogens is 280 g/mol. The van der Waals surface area contributed by atoms with Gasteiger partial charge in [0, 0.05) is 19.5 Å². The number of rotatable bonds is 5. The molecule has 1 aliphatic rings. The fourth-order valence-corrected chi connectivity index (χ4v) is 2.18. The van der Waals surface area contributed by atoms with Gasteiger partial charge >= 0.3 is 18.0 Å². The van der Waals surface area contributed by atoms with E-state index in [4.69, 9.17) is 5.11 Å². The highest BCUT2D eigenvalue weighted by Crippen LogP contribution is 2.16. The van der Waals surface area contributed by atoms with Gasteiger partial charge in [0.25, 0.3) is 0 Å². The molecule has 0 spiro atoms. The van der Waals surface area contributed by atoms with Crippen LogP contribution in [0.25, 0.3) is 0 Å². The van der Waals surface area contributed by atoms with Crippen LogP contribution >= 0.6 is 0 Å². The minimum absolute atomic E-state index is 0.0280. The molecule has 0 aromatic carbocycles. The number of methoxy groups -OCH3 is 1. The molecule has 1 saturated heterocycles. The van der Waals surface area contributed by atoms with E-state index in [-0.39, 0.29) is 18.8 Å². The minimum Gasteiger partial charge on any atom is -0.480 e. The molecule has 0 aromatic heterocycles. The van der Waals surface area contributed by atoms with Crippen molar-refractivity contribution in [1.82, 2.24) is 10.2 Å². The van der Waals surface area contributed by atoms with Gasteiger partial charge in [-0.3, -0.25) is 4.79 Å². The number of hydrogen-bond acceptors (Lipinski definition) is 5. The first-order valence-corrected chi connectivity index (χ1v) is 6.88. The summed E-state index contributed by atoms with van der Waals surface area (Å²) in [5, 5.41) is 21.1. The third-order valence-corrected chi connectivity index (χ3v) is 3.61. The maximum Gasteiger partial charge on any atom is 0.326 e. The number of nitrogens with zero attached hydrogens (tertiary/aromatic N) is 1. The summed E-state index contributed by atoms with van der Waals surface area (Å²) < 4.78 is 4.44. The molecule has 3 N–H and O–H groups in total. The van der Waals surface area contributed by atoms with Crippen LogP contribution in [0, 0.1) is 5.92 Å². The van der Waals surface area contributed by atoms with Gasteiger partial charge in [-0.05, 0) is 18.8 Å². The molecule has 8 nitrogen and oxygen atoms in total. The second-order valence-corrected chi connectivity index (χ2v) is 5.23. The predicted octanol–water partition coefficient (Wildman–Crippen LogP) is -0.195. The Kier molecular flexibility index (Phi) is 6.41. The van der Waals surface area contributed by atoms with Gasteiger partial charge in [0.15, 0.2) is 0 Å². The zero-order valence-electron chi connectivity index (χ0n) is 12.2. The van der Waals surface area contributed by atoms with E-state index in [0.717, 1.165) is 0 Å². The van der Waals surface area contributed by atoms with Crippen molar-refractivity contribution in [1.29, 1.82) is 0 Å². The molecule has 21 heavy (non-hydrogen) atoms. The van der Waals surface area contributed by atoms with Crippen LogP contribution in [0.3, 0.4) is 0 Å². The number of carbonyl (C=O) groups is 3. The Labute approximate surface area is 123 Å². The van der Waals surface area contributed by atoms with Gasteiger partial charge in [0.05, 0.1) is 13.2 Å². The number of amides is 2. The van der Waals surface area contributed by atoms with E-state index in [1.165, 1.54) is 12.0 Å². The van der Waals surface area contributed by atoms with Crippen LogP contribution in [0.4, 0.5) is 4.79 Å². The first-order valence-electron chi connectivity index (χ1n) is 6.88. The average Bonchev–Trinajstić information content (AvgIpc) is 2.45. The topological polar surface area (TPSA) is 116 Å². The van der Waals surface area contributed by atoms with Gasteiger partial charge in [-0.25, -0.2) is 9.59 Å². The Morgan fingerprint density at radius 1 is 1.43 bits per heavy atom. The van der Waals surface area contributed by atoms with Crippen molar-refractivity contribution in [3.8, 4) is 0 Å². The number of aliphatic carboxylic acids is 1. The number of ether oxygens (including phenoxy) is 1. The lowest BCUT2D eigenvalue weighted by Crippen LogP contribution is -2.52. The summed E-state index contributed by atoms with van der Waals surface area (Å²) in [5.74, 6) is -1.77. The van der Waals surface area contributed by atoms with Gasteiger partial charge in [-0.2, -0.15) is 0 Å². The van der Waals surface area contributed by atoms with E-state index < -0.39 is 30.1 Å². The molecule has 8 heteroatoms. The average molecular weight is 302 g/mol. The molecule has 1 rings (SSSR count). The van der Waals surface area contributed by atoms with Gasteiger partial charge in [-0.15, -0.1) is 0 Å². The summed E-state index contributed by atoms with van der Waals surface area (Å²) in [6.07, 6.45) is -0.0828. The highest BCUT2D eigenvalue weighted by molar-refractivity contribution is 5.83. The Balaban J connectivity index is 2.52. The maximum atomic E-state index is 12.0. The largest absolute Gasteiger partial charge is 0.480 e. The van der Waals surface area contributed by atoms with Crippen molar-refractivity contribution in [2.45, 2.75) is 38.3 Å². The quantitative estimate of drug-likeness (QED) is 0.606. The number of aliphatic hydroxyl groups excluding tert-OH is 1. The van der Waals surface area contributed by atoms with Crippen LogP contribution in [0.5, 0.6) is 0 Å².